The van der Waals surface area contributed by atoms with Gasteiger partial charge in [0, 0.05) is 7.05 Å². The maximum Gasteiger partial charge on any atom is 0.238 e. The maximum atomic E-state index is 11.3. The minimum Gasteiger partial charge on any atom is -0.319 e. The number of hydrogen-bond donors (Lipinski definition) is 2. The molecule has 2 heterocycles. The van der Waals surface area contributed by atoms with Crippen LogP contribution < -0.4 is 10.9 Å². The van der Waals surface area contributed by atoms with Crippen LogP contribution in [0.2, 0.25) is 0 Å². The molecule has 1 atom stereocenters. The smallest absolute Gasteiger partial charge is 0.238 e. The first-order chi connectivity index (χ1) is 10.8. The van der Waals surface area contributed by atoms with Crippen molar-refractivity contribution in [1.82, 2.24) is 19.7 Å². The summed E-state index contributed by atoms with van der Waals surface area (Å²) in [6, 6.07) is 5.50. The van der Waals surface area contributed by atoms with E-state index in [1.165, 1.54) is 18.5 Å². The third-order valence-corrected chi connectivity index (χ3v) is 4.95. The molecule has 8 nitrogen and oxygen atoms in total. The molecule has 23 heavy (non-hydrogen) atoms. The van der Waals surface area contributed by atoms with E-state index in [0.29, 0.717) is 21.5 Å². The summed E-state index contributed by atoms with van der Waals surface area (Å²) in [5.74, 6) is 0. The molecule has 0 aliphatic rings. The summed E-state index contributed by atoms with van der Waals surface area (Å²) in [6.07, 6.45) is 1.42. The highest BCUT2D eigenvalue weighted by Gasteiger charge is 2.20. The van der Waals surface area contributed by atoms with Crippen LogP contribution in [0.1, 0.15) is 17.3 Å². The lowest BCUT2D eigenvalue weighted by atomic mass is 10.0. The van der Waals surface area contributed by atoms with E-state index in [2.05, 4.69) is 31.0 Å². The predicted molar refractivity (Wildman–Crippen MR) is 87.8 cm³/mol. The number of aromatic nitrogens is 4. The van der Waals surface area contributed by atoms with Gasteiger partial charge in [-0.05, 0) is 33.6 Å². The Morgan fingerprint density at radius 3 is 2.48 bits per heavy atom. The Kier molecular flexibility index (Phi) is 3.92. The average Bonchev–Trinajstić information content (AvgIpc) is 2.81. The molecule has 3 aromatic rings. The zero-order valence-electron chi connectivity index (χ0n) is 12.0. The van der Waals surface area contributed by atoms with Gasteiger partial charge in [-0.15, -0.1) is 0 Å². The van der Waals surface area contributed by atoms with Crippen LogP contribution in [0.15, 0.2) is 40.1 Å². The number of aryl methyl sites for hydroxylation is 1. The van der Waals surface area contributed by atoms with Crippen LogP contribution in [0, 0.1) is 0 Å². The first-order valence-electron chi connectivity index (χ1n) is 6.50. The molecular weight excluding hydrogens is 384 g/mol. The van der Waals surface area contributed by atoms with E-state index in [9.17, 15) is 8.42 Å². The summed E-state index contributed by atoms with van der Waals surface area (Å²) in [4.78, 5) is 8.49. The van der Waals surface area contributed by atoms with Crippen LogP contribution in [-0.4, -0.2) is 28.2 Å². The van der Waals surface area contributed by atoms with Crippen molar-refractivity contribution in [2.45, 2.75) is 10.9 Å². The second-order valence-corrected chi connectivity index (χ2v) is 7.28. The average molecular weight is 397 g/mol. The molecule has 4 N–H and O–H groups in total. The molecule has 2 aromatic heterocycles. The highest BCUT2D eigenvalue weighted by atomic mass is 79.9. The number of primary sulfonamides is 1. The summed E-state index contributed by atoms with van der Waals surface area (Å²) in [7, 11) is -1.96. The van der Waals surface area contributed by atoms with Gasteiger partial charge in [0.1, 0.15) is 10.9 Å². The van der Waals surface area contributed by atoms with Crippen molar-refractivity contribution in [1.29, 1.82) is 0 Å². The van der Waals surface area contributed by atoms with Crippen LogP contribution in [0.4, 0.5) is 0 Å². The molecule has 0 aliphatic carbocycles. The number of rotatable bonds is 3. The normalized spacial score (nSPS) is 13.4. The molecule has 120 valence electrons. The van der Waals surface area contributed by atoms with Gasteiger partial charge in [0.25, 0.3) is 0 Å². The molecule has 10 heteroatoms. The number of benzene rings is 1. The molecule has 0 aliphatic heterocycles. The van der Waals surface area contributed by atoms with Crippen LogP contribution in [0.3, 0.4) is 0 Å². The summed E-state index contributed by atoms with van der Waals surface area (Å²) in [6.45, 7) is 0. The fraction of sp³-hybridized carbons (Fsp3) is 0.154. The molecule has 0 radical (unpaired) electrons. The molecule has 1 aromatic carbocycles. The highest BCUT2D eigenvalue weighted by Crippen LogP contribution is 2.29. The lowest BCUT2D eigenvalue weighted by Gasteiger charge is -2.13. The van der Waals surface area contributed by atoms with Gasteiger partial charge in [-0.1, -0.05) is 12.1 Å². The van der Waals surface area contributed by atoms with E-state index in [1.807, 2.05) is 0 Å². The largest absolute Gasteiger partial charge is 0.319 e. The molecule has 0 spiro atoms. The second kappa shape index (κ2) is 5.64. The second-order valence-electron chi connectivity index (χ2n) is 4.96. The van der Waals surface area contributed by atoms with Crippen LogP contribution >= 0.6 is 15.9 Å². The maximum absolute atomic E-state index is 11.3. The lowest BCUT2D eigenvalue weighted by molar-refractivity contribution is 0.597. The molecular formula is C13H13BrN6O2S. The topological polar surface area (TPSA) is 130 Å². The zero-order valence-corrected chi connectivity index (χ0v) is 14.4. The van der Waals surface area contributed by atoms with Gasteiger partial charge in [-0.2, -0.15) is 5.10 Å². The summed E-state index contributed by atoms with van der Waals surface area (Å²) in [5.41, 5.74) is 8.24. The third-order valence-electron chi connectivity index (χ3n) is 3.47. The number of nitrogens with zero attached hydrogens (tertiary/aromatic N) is 4. The minimum atomic E-state index is -3.74. The van der Waals surface area contributed by atoms with Gasteiger partial charge in [0.05, 0.1) is 22.0 Å². The number of nitrogens with two attached hydrogens (primary N) is 2. The first-order valence-corrected chi connectivity index (χ1v) is 8.84. The quantitative estimate of drug-likeness (QED) is 0.673. The van der Waals surface area contributed by atoms with Crippen molar-refractivity contribution < 1.29 is 8.42 Å². The molecule has 0 fully saturated rings. The van der Waals surface area contributed by atoms with E-state index in [-0.39, 0.29) is 4.90 Å². The predicted octanol–water partition coefficient (Wildman–Crippen LogP) is 0.821. The van der Waals surface area contributed by atoms with Gasteiger partial charge >= 0.3 is 0 Å². The monoisotopic (exact) mass is 396 g/mol. The lowest BCUT2D eigenvalue weighted by Crippen LogP contribution is -2.16. The van der Waals surface area contributed by atoms with E-state index < -0.39 is 16.1 Å². The summed E-state index contributed by atoms with van der Waals surface area (Å²) < 4.78 is 24.9. The number of sulfonamides is 1. The molecule has 0 amide bonds. The van der Waals surface area contributed by atoms with Gasteiger partial charge in [0.15, 0.2) is 5.65 Å². The SMILES string of the molecule is Cn1nc(Br)c2c(C(N)c3ccc(S(N)(=O)=O)cc3)ncnc21. The first kappa shape index (κ1) is 16.0. The van der Waals surface area contributed by atoms with Crippen LogP contribution in [-0.2, 0) is 17.1 Å². The molecule has 0 saturated carbocycles. The van der Waals surface area contributed by atoms with Crippen molar-refractivity contribution in [3.05, 3.63) is 46.5 Å². The number of halogens is 1. The van der Waals surface area contributed by atoms with Gasteiger partial charge in [-0.3, -0.25) is 0 Å². The molecule has 1 unspecified atom stereocenters. The number of hydrogen-bond acceptors (Lipinski definition) is 6. The summed E-state index contributed by atoms with van der Waals surface area (Å²) >= 11 is 3.38. The third kappa shape index (κ3) is 2.85. The Balaban J connectivity index is 2.09. The highest BCUT2D eigenvalue weighted by molar-refractivity contribution is 9.10. The van der Waals surface area contributed by atoms with Gasteiger partial charge in [0.2, 0.25) is 10.0 Å². The zero-order chi connectivity index (χ0) is 16.8. The number of fused-ring (bicyclic) bond motifs is 1. The standard InChI is InChI=1S/C13H13BrN6O2S/c1-20-13-9(12(14)19-20)11(17-6-18-13)10(15)7-2-4-8(5-3-7)23(16,21)22/h2-6,10H,15H2,1H3,(H2,16,21,22). The Morgan fingerprint density at radius 2 is 1.87 bits per heavy atom. The van der Waals surface area contributed by atoms with Crippen LogP contribution in [0.5, 0.6) is 0 Å². The Morgan fingerprint density at radius 1 is 1.22 bits per heavy atom. The van der Waals surface area contributed by atoms with Gasteiger partial charge < -0.3 is 5.73 Å². The van der Waals surface area contributed by atoms with E-state index in [1.54, 1.807) is 23.9 Å². The van der Waals surface area contributed by atoms with Crippen molar-refractivity contribution >= 4 is 37.0 Å². The van der Waals surface area contributed by atoms with Crippen molar-refractivity contribution in [2.24, 2.45) is 17.9 Å². The fourth-order valence-electron chi connectivity index (χ4n) is 2.32. The molecule has 3 rings (SSSR count). The molecule has 0 saturated heterocycles. The Hall–Kier alpha value is -1.88. The van der Waals surface area contributed by atoms with Crippen molar-refractivity contribution in [3.8, 4) is 0 Å². The van der Waals surface area contributed by atoms with Crippen molar-refractivity contribution in [3.63, 3.8) is 0 Å². The summed E-state index contributed by atoms with van der Waals surface area (Å²) in [5, 5.41) is 10.1. The minimum absolute atomic E-state index is 0.0313. The Labute approximate surface area is 140 Å². The molecule has 0 bridgehead atoms. The Bertz CT molecular complexity index is 984. The van der Waals surface area contributed by atoms with Crippen LogP contribution in [0.25, 0.3) is 11.0 Å². The van der Waals surface area contributed by atoms with E-state index in [0.717, 1.165) is 5.39 Å². The van der Waals surface area contributed by atoms with E-state index >= 15 is 0 Å². The van der Waals surface area contributed by atoms with E-state index in [4.69, 9.17) is 10.9 Å². The fourth-order valence-corrected chi connectivity index (χ4v) is 3.45. The van der Waals surface area contributed by atoms with Crippen molar-refractivity contribution in [2.75, 3.05) is 0 Å². The van der Waals surface area contributed by atoms with Gasteiger partial charge in [-0.25, -0.2) is 28.2 Å².